The van der Waals surface area contributed by atoms with Crippen molar-refractivity contribution in [3.05, 3.63) is 48.0 Å². The van der Waals surface area contributed by atoms with Crippen molar-refractivity contribution in [2.45, 2.75) is 53.1 Å². The summed E-state index contributed by atoms with van der Waals surface area (Å²) in [5.74, 6) is 0.881. The van der Waals surface area contributed by atoms with Gasteiger partial charge >= 0.3 is 0 Å². The Morgan fingerprint density at radius 2 is 2.00 bits per heavy atom. The normalized spacial score (nSPS) is 24.9. The van der Waals surface area contributed by atoms with Crippen molar-refractivity contribution < 1.29 is 4.79 Å². The summed E-state index contributed by atoms with van der Waals surface area (Å²) in [6.07, 6.45) is 6.04. The van der Waals surface area contributed by atoms with Gasteiger partial charge in [0.05, 0.1) is 0 Å². The molecule has 0 amide bonds. The van der Waals surface area contributed by atoms with E-state index in [4.69, 9.17) is 0 Å². The molecule has 0 aromatic heterocycles. The first-order valence-electron chi connectivity index (χ1n) is 8.37. The monoisotopic (exact) mass is 299 g/mol. The molecule has 0 aliphatic heterocycles. The molecule has 1 aliphatic carbocycles. The van der Waals surface area contributed by atoms with Gasteiger partial charge in [-0.2, -0.15) is 0 Å². The zero-order valence-corrected chi connectivity index (χ0v) is 14.3. The second-order valence-electron chi connectivity index (χ2n) is 7.40. The van der Waals surface area contributed by atoms with Crippen molar-refractivity contribution in [3.63, 3.8) is 0 Å². The summed E-state index contributed by atoms with van der Waals surface area (Å²) in [6.45, 7) is 9.53. The fourth-order valence-corrected chi connectivity index (χ4v) is 3.65. The van der Waals surface area contributed by atoms with Crippen LogP contribution in [0, 0.1) is 17.3 Å². The van der Waals surface area contributed by atoms with Crippen LogP contribution in [0.1, 0.15) is 46.1 Å². The first-order valence-corrected chi connectivity index (χ1v) is 8.37. The van der Waals surface area contributed by atoms with Crippen molar-refractivity contribution in [1.82, 2.24) is 5.32 Å². The van der Waals surface area contributed by atoms with E-state index in [1.165, 1.54) is 5.56 Å². The zero-order chi connectivity index (χ0) is 16.2. The number of benzene rings is 1. The topological polar surface area (TPSA) is 29.1 Å². The van der Waals surface area contributed by atoms with Crippen LogP contribution in [0.25, 0.3) is 0 Å². The smallest absolute Gasteiger partial charge is 0.138 e. The molecule has 120 valence electrons. The van der Waals surface area contributed by atoms with Crippen LogP contribution in [-0.2, 0) is 11.3 Å². The number of ketones is 1. The van der Waals surface area contributed by atoms with Gasteiger partial charge in [-0.3, -0.25) is 4.79 Å². The Hall–Kier alpha value is -1.41. The van der Waals surface area contributed by atoms with Gasteiger partial charge in [0.15, 0.2) is 0 Å². The van der Waals surface area contributed by atoms with E-state index < -0.39 is 0 Å². The SMILES string of the molecule is C[C@H](CC(=O)[C@@H]1[C@@H](C)C=CCC1(C)C)NCc1ccccc1. The number of allylic oxidation sites excluding steroid dienone is 2. The summed E-state index contributed by atoms with van der Waals surface area (Å²) in [6, 6.07) is 10.5. The van der Waals surface area contributed by atoms with E-state index in [1.54, 1.807) is 0 Å². The van der Waals surface area contributed by atoms with Crippen LogP contribution in [0.3, 0.4) is 0 Å². The van der Waals surface area contributed by atoms with E-state index in [-0.39, 0.29) is 17.4 Å². The van der Waals surface area contributed by atoms with E-state index in [0.717, 1.165) is 13.0 Å². The summed E-state index contributed by atoms with van der Waals surface area (Å²) in [5, 5.41) is 3.47. The fraction of sp³-hybridized carbons (Fsp3) is 0.550. The maximum Gasteiger partial charge on any atom is 0.138 e. The van der Waals surface area contributed by atoms with Gasteiger partial charge in [0, 0.05) is 24.9 Å². The molecule has 0 saturated carbocycles. The molecule has 2 rings (SSSR count). The highest BCUT2D eigenvalue weighted by Gasteiger charge is 2.39. The lowest BCUT2D eigenvalue weighted by Crippen LogP contribution is -2.40. The number of hydrogen-bond acceptors (Lipinski definition) is 2. The second kappa shape index (κ2) is 7.23. The Bertz CT molecular complexity index is 518. The number of nitrogens with one attached hydrogen (secondary N) is 1. The molecule has 0 radical (unpaired) electrons. The summed E-state index contributed by atoms with van der Waals surface area (Å²) in [4.78, 5) is 12.8. The molecule has 0 bridgehead atoms. The lowest BCUT2D eigenvalue weighted by atomic mass is 9.65. The number of hydrogen-bond donors (Lipinski definition) is 1. The molecule has 3 atom stereocenters. The van der Waals surface area contributed by atoms with Crippen LogP contribution in [0.2, 0.25) is 0 Å². The molecule has 0 unspecified atom stereocenters. The molecule has 2 heteroatoms. The predicted octanol–water partition coefficient (Wildman–Crippen LogP) is 4.36. The number of Topliss-reactive ketones (excluding diaryl/α,β-unsaturated/α-hetero) is 1. The molecular formula is C20H29NO. The lowest BCUT2D eigenvalue weighted by molar-refractivity contribution is -0.128. The standard InChI is InChI=1S/C20H29NO/c1-15-9-8-12-20(3,4)19(15)18(22)13-16(2)21-14-17-10-6-5-7-11-17/h5-11,15-16,19,21H,12-14H2,1-4H3/t15-,16+,19-/m0/s1. The molecule has 0 saturated heterocycles. The van der Waals surface area contributed by atoms with Crippen molar-refractivity contribution in [2.24, 2.45) is 17.3 Å². The highest BCUT2D eigenvalue weighted by atomic mass is 16.1. The minimum absolute atomic E-state index is 0.0738. The summed E-state index contributed by atoms with van der Waals surface area (Å²) >= 11 is 0. The van der Waals surface area contributed by atoms with Crippen LogP contribution >= 0.6 is 0 Å². The van der Waals surface area contributed by atoms with E-state index in [9.17, 15) is 4.79 Å². The number of carbonyl (C=O) groups excluding carboxylic acids is 1. The minimum atomic E-state index is 0.0738. The van der Waals surface area contributed by atoms with E-state index in [2.05, 4.69) is 57.3 Å². The molecule has 1 aromatic carbocycles. The van der Waals surface area contributed by atoms with Gasteiger partial charge in [0.25, 0.3) is 0 Å². The zero-order valence-electron chi connectivity index (χ0n) is 14.3. The van der Waals surface area contributed by atoms with Gasteiger partial charge < -0.3 is 5.32 Å². The largest absolute Gasteiger partial charge is 0.310 e. The highest BCUT2D eigenvalue weighted by molar-refractivity contribution is 5.83. The Labute approximate surface area is 135 Å². The molecule has 1 N–H and O–H groups in total. The van der Waals surface area contributed by atoms with Crippen LogP contribution in [0.15, 0.2) is 42.5 Å². The third kappa shape index (κ3) is 4.30. The maximum absolute atomic E-state index is 12.8. The Balaban J connectivity index is 1.89. The molecule has 2 nitrogen and oxygen atoms in total. The van der Waals surface area contributed by atoms with Gasteiger partial charge in [-0.25, -0.2) is 0 Å². The second-order valence-corrected chi connectivity index (χ2v) is 7.40. The quantitative estimate of drug-likeness (QED) is 0.791. The first-order chi connectivity index (χ1) is 10.4. The minimum Gasteiger partial charge on any atom is -0.310 e. The third-order valence-corrected chi connectivity index (χ3v) is 4.80. The molecule has 22 heavy (non-hydrogen) atoms. The number of carbonyl (C=O) groups is 1. The predicted molar refractivity (Wildman–Crippen MR) is 92.6 cm³/mol. The Morgan fingerprint density at radius 1 is 1.32 bits per heavy atom. The molecule has 1 aromatic rings. The van der Waals surface area contributed by atoms with Crippen LogP contribution in [0.5, 0.6) is 0 Å². The molecule has 0 spiro atoms. The molecule has 0 fully saturated rings. The number of rotatable bonds is 6. The van der Waals surface area contributed by atoms with Crippen LogP contribution in [-0.4, -0.2) is 11.8 Å². The highest BCUT2D eigenvalue weighted by Crippen LogP contribution is 2.41. The van der Waals surface area contributed by atoms with Crippen LogP contribution in [0.4, 0.5) is 0 Å². The van der Waals surface area contributed by atoms with Crippen molar-refractivity contribution in [3.8, 4) is 0 Å². The Morgan fingerprint density at radius 3 is 2.64 bits per heavy atom. The van der Waals surface area contributed by atoms with Gasteiger partial charge in [-0.1, -0.05) is 63.3 Å². The van der Waals surface area contributed by atoms with Gasteiger partial charge in [0.2, 0.25) is 0 Å². The summed E-state index contributed by atoms with van der Waals surface area (Å²) in [5.41, 5.74) is 1.33. The molecular weight excluding hydrogens is 270 g/mol. The van der Waals surface area contributed by atoms with Crippen molar-refractivity contribution in [2.75, 3.05) is 0 Å². The van der Waals surface area contributed by atoms with Crippen molar-refractivity contribution in [1.29, 1.82) is 0 Å². The van der Waals surface area contributed by atoms with E-state index in [1.807, 2.05) is 18.2 Å². The first kappa shape index (κ1) is 17.0. The third-order valence-electron chi connectivity index (χ3n) is 4.80. The average Bonchev–Trinajstić information content (AvgIpc) is 2.45. The summed E-state index contributed by atoms with van der Waals surface area (Å²) in [7, 11) is 0. The summed E-state index contributed by atoms with van der Waals surface area (Å²) < 4.78 is 0. The van der Waals surface area contributed by atoms with Gasteiger partial charge in [0.1, 0.15) is 5.78 Å². The average molecular weight is 299 g/mol. The van der Waals surface area contributed by atoms with Crippen molar-refractivity contribution >= 4 is 5.78 Å². The van der Waals surface area contributed by atoms with Gasteiger partial charge in [-0.05, 0) is 30.2 Å². The molecule has 1 aliphatic rings. The fourth-order valence-electron chi connectivity index (χ4n) is 3.65. The maximum atomic E-state index is 12.8. The van der Waals surface area contributed by atoms with E-state index >= 15 is 0 Å². The lowest BCUT2D eigenvalue weighted by Gasteiger charge is -2.39. The van der Waals surface area contributed by atoms with Crippen LogP contribution < -0.4 is 5.32 Å². The van der Waals surface area contributed by atoms with E-state index in [0.29, 0.717) is 18.1 Å². The Kier molecular flexibility index (Phi) is 5.57. The molecule has 0 heterocycles. The van der Waals surface area contributed by atoms with Gasteiger partial charge in [-0.15, -0.1) is 0 Å².